The zero-order valence-corrected chi connectivity index (χ0v) is 7.58. The minimum atomic E-state index is -0.0404. The average Bonchev–Trinajstić information content (AvgIpc) is 2.86. The van der Waals surface area contributed by atoms with Crippen molar-refractivity contribution in [3.63, 3.8) is 0 Å². The molecule has 0 spiro atoms. The molecule has 1 aliphatic heterocycles. The van der Waals surface area contributed by atoms with Gasteiger partial charge >= 0.3 is 0 Å². The Morgan fingerprint density at radius 3 is 2.17 bits per heavy atom. The molecule has 0 aromatic carbocycles. The summed E-state index contributed by atoms with van der Waals surface area (Å²) in [5.74, 6) is 0. The summed E-state index contributed by atoms with van der Waals surface area (Å²) in [4.78, 5) is 4.68. The summed E-state index contributed by atoms with van der Waals surface area (Å²) in [6.45, 7) is 4.38. The lowest BCUT2D eigenvalue weighted by molar-refractivity contribution is 0.123. The van der Waals surface area contributed by atoms with Crippen molar-refractivity contribution in [3.8, 4) is 6.07 Å². The fourth-order valence-electron chi connectivity index (χ4n) is 1.85. The molecular weight excluding hydrogens is 150 g/mol. The van der Waals surface area contributed by atoms with Gasteiger partial charge in [-0.3, -0.25) is 4.90 Å². The Kier molecular flexibility index (Phi) is 1.82. The topological polar surface area (TPSA) is 30.3 Å². The minimum Gasteiger partial charge on any atom is -0.304 e. The first-order valence-corrected chi connectivity index (χ1v) is 4.62. The third kappa shape index (κ3) is 1.21. The Morgan fingerprint density at radius 2 is 1.75 bits per heavy atom. The Hall–Kier alpha value is -0.590. The lowest BCUT2D eigenvalue weighted by Crippen LogP contribution is -2.49. The van der Waals surface area contributed by atoms with Gasteiger partial charge in [0, 0.05) is 26.2 Å². The lowest BCUT2D eigenvalue weighted by Gasteiger charge is -2.35. The van der Waals surface area contributed by atoms with Crippen molar-refractivity contribution >= 4 is 0 Å². The van der Waals surface area contributed by atoms with Gasteiger partial charge in [0.1, 0.15) is 5.54 Å². The molecule has 0 aromatic heterocycles. The first-order valence-electron chi connectivity index (χ1n) is 4.62. The lowest BCUT2D eigenvalue weighted by atomic mass is 10.2. The van der Waals surface area contributed by atoms with Crippen LogP contribution in [0, 0.1) is 11.3 Å². The standard InChI is InChI=1S/C9H15N3/c1-11-4-6-12(7-5-11)9(8-10)2-3-9/h2-7H2,1H3. The van der Waals surface area contributed by atoms with Crippen LogP contribution < -0.4 is 0 Å². The van der Waals surface area contributed by atoms with E-state index in [0.29, 0.717) is 0 Å². The van der Waals surface area contributed by atoms with Gasteiger partial charge in [0.25, 0.3) is 0 Å². The quantitative estimate of drug-likeness (QED) is 0.559. The smallest absolute Gasteiger partial charge is 0.109 e. The highest BCUT2D eigenvalue weighted by atomic mass is 15.3. The fourth-order valence-corrected chi connectivity index (χ4v) is 1.85. The van der Waals surface area contributed by atoms with Gasteiger partial charge in [0.05, 0.1) is 6.07 Å². The summed E-state index contributed by atoms with van der Waals surface area (Å²) in [5.41, 5.74) is -0.0404. The van der Waals surface area contributed by atoms with Crippen molar-refractivity contribution in [2.24, 2.45) is 0 Å². The number of likely N-dealkylation sites (N-methyl/N-ethyl adjacent to an activating group) is 1. The molecule has 1 heterocycles. The number of hydrogen-bond donors (Lipinski definition) is 0. The summed E-state index contributed by atoms with van der Waals surface area (Å²) in [6.07, 6.45) is 2.18. The molecule has 3 nitrogen and oxygen atoms in total. The molecular formula is C9H15N3. The number of rotatable bonds is 1. The van der Waals surface area contributed by atoms with Crippen LogP contribution in [0.1, 0.15) is 12.8 Å². The molecule has 2 rings (SSSR count). The van der Waals surface area contributed by atoms with Crippen molar-refractivity contribution in [1.82, 2.24) is 9.80 Å². The van der Waals surface area contributed by atoms with Crippen molar-refractivity contribution in [2.75, 3.05) is 33.2 Å². The van der Waals surface area contributed by atoms with E-state index in [1.807, 2.05) is 0 Å². The molecule has 3 heteroatoms. The van der Waals surface area contributed by atoms with E-state index in [0.717, 1.165) is 39.0 Å². The molecule has 0 aromatic rings. The molecule has 66 valence electrons. The van der Waals surface area contributed by atoms with Crippen LogP contribution in [0.4, 0.5) is 0 Å². The highest BCUT2D eigenvalue weighted by Gasteiger charge is 2.48. The van der Waals surface area contributed by atoms with E-state index in [1.54, 1.807) is 0 Å². The highest BCUT2D eigenvalue weighted by Crippen LogP contribution is 2.41. The zero-order valence-electron chi connectivity index (χ0n) is 7.58. The van der Waals surface area contributed by atoms with Crippen molar-refractivity contribution in [2.45, 2.75) is 18.4 Å². The fraction of sp³-hybridized carbons (Fsp3) is 0.889. The van der Waals surface area contributed by atoms with Crippen LogP contribution in [0.25, 0.3) is 0 Å². The second-order valence-electron chi connectivity index (χ2n) is 3.93. The van der Waals surface area contributed by atoms with E-state index in [2.05, 4.69) is 22.9 Å². The van der Waals surface area contributed by atoms with Gasteiger partial charge in [-0.25, -0.2) is 0 Å². The number of nitrogens with zero attached hydrogens (tertiary/aromatic N) is 3. The second-order valence-corrected chi connectivity index (χ2v) is 3.93. The Bertz CT molecular complexity index is 206. The normalized spacial score (nSPS) is 29.7. The van der Waals surface area contributed by atoms with Gasteiger partial charge in [0.2, 0.25) is 0 Å². The maximum Gasteiger partial charge on any atom is 0.109 e. The van der Waals surface area contributed by atoms with Gasteiger partial charge in [-0.15, -0.1) is 0 Å². The average molecular weight is 165 g/mol. The van der Waals surface area contributed by atoms with Gasteiger partial charge in [-0.2, -0.15) is 5.26 Å². The van der Waals surface area contributed by atoms with E-state index >= 15 is 0 Å². The minimum absolute atomic E-state index is 0.0404. The summed E-state index contributed by atoms with van der Waals surface area (Å²) >= 11 is 0. The molecule has 1 saturated heterocycles. The second kappa shape index (κ2) is 2.72. The number of hydrogen-bond acceptors (Lipinski definition) is 3. The molecule has 0 N–H and O–H groups in total. The molecule has 0 radical (unpaired) electrons. The predicted octanol–water partition coefficient (Wildman–Crippen LogP) is 0.290. The van der Waals surface area contributed by atoms with E-state index in [4.69, 9.17) is 5.26 Å². The molecule has 1 saturated carbocycles. The van der Waals surface area contributed by atoms with E-state index in [9.17, 15) is 0 Å². The van der Waals surface area contributed by atoms with Gasteiger partial charge in [-0.1, -0.05) is 0 Å². The molecule has 12 heavy (non-hydrogen) atoms. The molecule has 0 atom stereocenters. The van der Waals surface area contributed by atoms with Crippen molar-refractivity contribution in [3.05, 3.63) is 0 Å². The number of piperazine rings is 1. The highest BCUT2D eigenvalue weighted by molar-refractivity contribution is 5.19. The third-order valence-electron chi connectivity index (χ3n) is 3.04. The van der Waals surface area contributed by atoms with Gasteiger partial charge < -0.3 is 4.90 Å². The predicted molar refractivity (Wildman–Crippen MR) is 46.6 cm³/mol. The largest absolute Gasteiger partial charge is 0.304 e. The van der Waals surface area contributed by atoms with Crippen LogP contribution in [0.5, 0.6) is 0 Å². The van der Waals surface area contributed by atoms with Crippen molar-refractivity contribution in [1.29, 1.82) is 5.26 Å². The summed E-state index contributed by atoms with van der Waals surface area (Å²) in [6, 6.07) is 2.44. The van der Waals surface area contributed by atoms with E-state index < -0.39 is 0 Å². The van der Waals surface area contributed by atoms with Crippen LogP contribution in [0.2, 0.25) is 0 Å². The first-order chi connectivity index (χ1) is 5.77. The Balaban J connectivity index is 1.95. The van der Waals surface area contributed by atoms with Crippen molar-refractivity contribution < 1.29 is 0 Å². The monoisotopic (exact) mass is 165 g/mol. The first kappa shape index (κ1) is 8.03. The third-order valence-corrected chi connectivity index (χ3v) is 3.04. The molecule has 0 amide bonds. The summed E-state index contributed by atoms with van der Waals surface area (Å²) in [5, 5.41) is 8.97. The molecule has 1 aliphatic carbocycles. The maximum atomic E-state index is 8.97. The van der Waals surface area contributed by atoms with Crippen LogP contribution in [0.3, 0.4) is 0 Å². The van der Waals surface area contributed by atoms with Crippen LogP contribution in [-0.2, 0) is 0 Å². The molecule has 2 fully saturated rings. The van der Waals surface area contributed by atoms with Gasteiger partial charge in [0.15, 0.2) is 0 Å². The van der Waals surface area contributed by atoms with Crippen LogP contribution in [-0.4, -0.2) is 48.6 Å². The van der Waals surface area contributed by atoms with Gasteiger partial charge in [-0.05, 0) is 19.9 Å². The summed E-state index contributed by atoms with van der Waals surface area (Å²) in [7, 11) is 2.14. The van der Waals surface area contributed by atoms with E-state index in [1.165, 1.54) is 0 Å². The Morgan fingerprint density at radius 1 is 1.17 bits per heavy atom. The Labute approximate surface area is 73.6 Å². The maximum absolute atomic E-state index is 8.97. The van der Waals surface area contributed by atoms with Crippen LogP contribution >= 0.6 is 0 Å². The summed E-state index contributed by atoms with van der Waals surface area (Å²) < 4.78 is 0. The molecule has 0 bridgehead atoms. The SMILES string of the molecule is CN1CCN(C2(C#N)CC2)CC1. The van der Waals surface area contributed by atoms with Crippen LogP contribution in [0.15, 0.2) is 0 Å². The molecule has 0 unspecified atom stereocenters. The molecule has 2 aliphatic rings. The van der Waals surface area contributed by atoms with E-state index in [-0.39, 0.29) is 5.54 Å². The number of nitriles is 1. The zero-order chi connectivity index (χ0) is 8.60.